The summed E-state index contributed by atoms with van der Waals surface area (Å²) in [4.78, 5) is 23.5. The van der Waals surface area contributed by atoms with Crippen molar-refractivity contribution in [2.24, 2.45) is 11.7 Å². The Labute approximate surface area is 104 Å². The number of carbonyl (C=O) groups is 1. The molecule has 0 aliphatic carbocycles. The first kappa shape index (κ1) is 12.6. The summed E-state index contributed by atoms with van der Waals surface area (Å²) in [6.45, 7) is 3.07. The van der Waals surface area contributed by atoms with Gasteiger partial charge in [0.2, 0.25) is 0 Å². The molecule has 2 heterocycles. The van der Waals surface area contributed by atoms with Crippen LogP contribution in [0.2, 0.25) is 0 Å². The van der Waals surface area contributed by atoms with E-state index in [1.807, 2.05) is 6.92 Å². The first-order valence-electron chi connectivity index (χ1n) is 5.76. The summed E-state index contributed by atoms with van der Waals surface area (Å²) in [5.74, 6) is -0.455. The lowest BCUT2D eigenvalue weighted by molar-refractivity contribution is -0.402. The number of nitro groups is 1. The fraction of sp³-hybridized carbons (Fsp3) is 0.545. The molecule has 2 N–H and O–H groups in total. The Morgan fingerprint density at radius 3 is 2.83 bits per heavy atom. The van der Waals surface area contributed by atoms with E-state index < -0.39 is 10.8 Å². The van der Waals surface area contributed by atoms with Gasteiger partial charge in [0.25, 0.3) is 5.91 Å². The van der Waals surface area contributed by atoms with Crippen molar-refractivity contribution in [1.29, 1.82) is 0 Å². The molecule has 0 bridgehead atoms. The van der Waals surface area contributed by atoms with Gasteiger partial charge in [0.15, 0.2) is 5.76 Å². The smallest absolute Gasteiger partial charge is 0.395 e. The van der Waals surface area contributed by atoms with Gasteiger partial charge in [-0.25, -0.2) is 0 Å². The lowest BCUT2D eigenvalue weighted by Crippen LogP contribution is -2.48. The molecule has 1 aliphatic rings. The van der Waals surface area contributed by atoms with Crippen molar-refractivity contribution in [2.75, 3.05) is 13.1 Å². The van der Waals surface area contributed by atoms with Gasteiger partial charge in [0, 0.05) is 19.1 Å². The number of nitrogens with zero attached hydrogens (tertiary/aromatic N) is 2. The van der Waals surface area contributed by atoms with Crippen LogP contribution in [0.1, 0.15) is 23.9 Å². The van der Waals surface area contributed by atoms with E-state index in [2.05, 4.69) is 0 Å². The quantitative estimate of drug-likeness (QED) is 0.625. The summed E-state index contributed by atoms with van der Waals surface area (Å²) in [5, 5.41) is 10.5. The van der Waals surface area contributed by atoms with Crippen LogP contribution in [-0.2, 0) is 0 Å². The van der Waals surface area contributed by atoms with Gasteiger partial charge in [-0.3, -0.25) is 14.9 Å². The maximum atomic E-state index is 12.1. The molecule has 0 aromatic carbocycles. The number of carbonyl (C=O) groups excluding carboxylic acids is 1. The molecule has 2 unspecified atom stereocenters. The summed E-state index contributed by atoms with van der Waals surface area (Å²) in [6, 6.07) is 2.45. The Hall–Kier alpha value is -1.89. The first-order valence-corrected chi connectivity index (χ1v) is 5.76. The maximum Gasteiger partial charge on any atom is 0.433 e. The number of piperidine rings is 1. The van der Waals surface area contributed by atoms with Crippen molar-refractivity contribution in [1.82, 2.24) is 4.90 Å². The first-order chi connectivity index (χ1) is 8.47. The summed E-state index contributed by atoms with van der Waals surface area (Å²) in [5.41, 5.74) is 5.85. The Morgan fingerprint density at radius 2 is 2.28 bits per heavy atom. The Bertz CT molecular complexity index is 461. The third-order valence-corrected chi connectivity index (χ3v) is 2.96. The average Bonchev–Trinajstić information content (AvgIpc) is 2.75. The second kappa shape index (κ2) is 4.77. The molecule has 1 aromatic heterocycles. The molecule has 2 rings (SSSR count). The van der Waals surface area contributed by atoms with Crippen molar-refractivity contribution >= 4 is 11.8 Å². The minimum Gasteiger partial charge on any atom is -0.395 e. The number of nitrogens with two attached hydrogens (primary N) is 1. The lowest BCUT2D eigenvalue weighted by Gasteiger charge is -2.34. The topological polar surface area (TPSA) is 103 Å². The molecule has 0 radical (unpaired) electrons. The molecule has 0 saturated carbocycles. The van der Waals surface area contributed by atoms with Gasteiger partial charge in [0.05, 0.1) is 6.07 Å². The second-order valence-corrected chi connectivity index (χ2v) is 4.71. The van der Waals surface area contributed by atoms with E-state index in [0.29, 0.717) is 19.0 Å². The van der Waals surface area contributed by atoms with E-state index in [1.165, 1.54) is 12.1 Å². The number of furan rings is 1. The summed E-state index contributed by atoms with van der Waals surface area (Å²) in [7, 11) is 0. The van der Waals surface area contributed by atoms with E-state index >= 15 is 0 Å². The molecule has 1 fully saturated rings. The predicted octanol–water partition coefficient (Wildman–Crippen LogP) is 0.997. The van der Waals surface area contributed by atoms with Crippen molar-refractivity contribution in [3.63, 3.8) is 0 Å². The van der Waals surface area contributed by atoms with Crippen LogP contribution in [-0.4, -0.2) is 34.9 Å². The maximum absolute atomic E-state index is 12.1. The Kier molecular flexibility index (Phi) is 3.33. The van der Waals surface area contributed by atoms with Gasteiger partial charge in [-0.15, -0.1) is 0 Å². The zero-order valence-electron chi connectivity index (χ0n) is 10.0. The highest BCUT2D eigenvalue weighted by molar-refractivity contribution is 5.91. The molecular weight excluding hydrogens is 238 g/mol. The van der Waals surface area contributed by atoms with Crippen molar-refractivity contribution in [2.45, 2.75) is 19.4 Å². The van der Waals surface area contributed by atoms with E-state index in [9.17, 15) is 14.9 Å². The normalized spacial score (nSPS) is 24.0. The fourth-order valence-electron chi connectivity index (χ4n) is 2.26. The summed E-state index contributed by atoms with van der Waals surface area (Å²) >= 11 is 0. The van der Waals surface area contributed by atoms with Gasteiger partial charge in [-0.05, 0) is 18.4 Å². The number of amides is 1. The lowest BCUT2D eigenvalue weighted by atomic mass is 9.96. The van der Waals surface area contributed by atoms with Crippen LogP contribution >= 0.6 is 0 Å². The molecule has 1 aliphatic heterocycles. The Balaban J connectivity index is 2.12. The van der Waals surface area contributed by atoms with Crippen molar-refractivity contribution < 1.29 is 14.1 Å². The highest BCUT2D eigenvalue weighted by Gasteiger charge is 2.29. The number of hydrogen-bond acceptors (Lipinski definition) is 5. The molecule has 1 amide bonds. The zero-order chi connectivity index (χ0) is 13.3. The van der Waals surface area contributed by atoms with Crippen LogP contribution in [0.3, 0.4) is 0 Å². The van der Waals surface area contributed by atoms with Crippen molar-refractivity contribution in [3.05, 3.63) is 28.0 Å². The van der Waals surface area contributed by atoms with E-state index in [-0.39, 0.29) is 17.7 Å². The SMILES string of the molecule is CC1CC(N)CN(C(=O)c2ccc([N+](=O)[O-])o2)C1. The minimum absolute atomic E-state index is 0.0111. The van der Waals surface area contributed by atoms with Crippen LogP contribution in [0.4, 0.5) is 5.88 Å². The van der Waals surface area contributed by atoms with E-state index in [1.54, 1.807) is 4.90 Å². The van der Waals surface area contributed by atoms with Gasteiger partial charge >= 0.3 is 5.88 Å². The van der Waals surface area contributed by atoms with Gasteiger partial charge < -0.3 is 15.1 Å². The molecule has 18 heavy (non-hydrogen) atoms. The van der Waals surface area contributed by atoms with Crippen LogP contribution in [0.15, 0.2) is 16.5 Å². The second-order valence-electron chi connectivity index (χ2n) is 4.71. The van der Waals surface area contributed by atoms with Crippen LogP contribution < -0.4 is 5.73 Å². The molecule has 0 spiro atoms. The molecular formula is C11H15N3O4. The van der Waals surface area contributed by atoms with E-state index in [0.717, 1.165) is 6.42 Å². The van der Waals surface area contributed by atoms with Gasteiger partial charge in [0.1, 0.15) is 4.92 Å². The summed E-state index contributed by atoms with van der Waals surface area (Å²) < 4.78 is 4.90. The molecule has 7 nitrogen and oxygen atoms in total. The van der Waals surface area contributed by atoms with Gasteiger partial charge in [-0.1, -0.05) is 6.92 Å². The van der Waals surface area contributed by atoms with E-state index in [4.69, 9.17) is 10.2 Å². The highest BCUT2D eigenvalue weighted by Crippen LogP contribution is 2.21. The third kappa shape index (κ3) is 2.51. The predicted molar refractivity (Wildman–Crippen MR) is 63.0 cm³/mol. The average molecular weight is 253 g/mol. The molecule has 1 saturated heterocycles. The molecule has 98 valence electrons. The summed E-state index contributed by atoms with van der Waals surface area (Å²) in [6.07, 6.45) is 0.877. The van der Waals surface area contributed by atoms with Crippen LogP contribution in [0.25, 0.3) is 0 Å². The van der Waals surface area contributed by atoms with Crippen LogP contribution in [0, 0.1) is 16.0 Å². The standard InChI is InChI=1S/C11H15N3O4/c1-7-4-8(12)6-13(5-7)11(15)9-2-3-10(18-9)14(16)17/h2-3,7-8H,4-6,12H2,1H3. The highest BCUT2D eigenvalue weighted by atomic mass is 16.6. The minimum atomic E-state index is -0.665. The molecule has 7 heteroatoms. The van der Waals surface area contributed by atoms with Crippen LogP contribution in [0.5, 0.6) is 0 Å². The number of likely N-dealkylation sites (tertiary alicyclic amines) is 1. The van der Waals surface area contributed by atoms with Gasteiger partial charge in [-0.2, -0.15) is 0 Å². The van der Waals surface area contributed by atoms with Crippen molar-refractivity contribution in [3.8, 4) is 0 Å². The molecule has 1 aromatic rings. The third-order valence-electron chi connectivity index (χ3n) is 2.96. The number of rotatable bonds is 2. The monoisotopic (exact) mass is 253 g/mol. The fourth-order valence-corrected chi connectivity index (χ4v) is 2.26. The molecule has 2 atom stereocenters. The Morgan fingerprint density at radius 1 is 1.56 bits per heavy atom. The number of hydrogen-bond donors (Lipinski definition) is 1. The zero-order valence-corrected chi connectivity index (χ0v) is 10.0. The largest absolute Gasteiger partial charge is 0.433 e.